The first-order valence-corrected chi connectivity index (χ1v) is 10.4. The number of carboxylic acids is 1. The van der Waals surface area contributed by atoms with Crippen molar-refractivity contribution in [2.45, 2.75) is 50.8 Å². The van der Waals surface area contributed by atoms with Crippen molar-refractivity contribution >= 4 is 18.0 Å². The minimum absolute atomic E-state index is 0.0909. The summed E-state index contributed by atoms with van der Waals surface area (Å²) in [5.74, 6) is -1.78. The first-order valence-electron chi connectivity index (χ1n) is 10.4. The minimum atomic E-state index is -1.11. The Labute approximate surface area is 181 Å². The fraction of sp³-hybridized carbons (Fsp3) is 0.375. The molecule has 2 atom stereocenters. The summed E-state index contributed by atoms with van der Waals surface area (Å²) in [6, 6.07) is 14.1. The molecular formula is C24H26N2O5. The van der Waals surface area contributed by atoms with E-state index in [0.29, 0.717) is 0 Å². The van der Waals surface area contributed by atoms with E-state index in [1.165, 1.54) is 4.90 Å². The zero-order valence-corrected chi connectivity index (χ0v) is 17.8. The van der Waals surface area contributed by atoms with Crippen LogP contribution in [0.15, 0.2) is 48.5 Å². The highest BCUT2D eigenvalue weighted by Gasteiger charge is 2.43. The second-order valence-electron chi connectivity index (χ2n) is 9.04. The number of hydrogen-bond acceptors (Lipinski definition) is 4. The third-order valence-electron chi connectivity index (χ3n) is 5.66. The molecule has 0 spiro atoms. The third kappa shape index (κ3) is 4.00. The second-order valence-corrected chi connectivity index (χ2v) is 9.04. The molecule has 1 heterocycles. The second kappa shape index (κ2) is 7.72. The van der Waals surface area contributed by atoms with E-state index in [4.69, 9.17) is 4.74 Å². The van der Waals surface area contributed by atoms with Gasteiger partial charge in [0, 0.05) is 19.0 Å². The Morgan fingerprint density at radius 3 is 2.06 bits per heavy atom. The van der Waals surface area contributed by atoms with Crippen molar-refractivity contribution in [3.8, 4) is 11.1 Å². The molecule has 0 saturated carbocycles. The van der Waals surface area contributed by atoms with Gasteiger partial charge in [0.15, 0.2) is 0 Å². The molecule has 7 nitrogen and oxygen atoms in total. The Hall–Kier alpha value is -3.35. The predicted molar refractivity (Wildman–Crippen MR) is 115 cm³/mol. The van der Waals surface area contributed by atoms with Crippen LogP contribution in [0.2, 0.25) is 0 Å². The summed E-state index contributed by atoms with van der Waals surface area (Å²) in [5.41, 5.74) is 3.18. The molecule has 162 valence electrons. The molecule has 4 rings (SSSR count). The van der Waals surface area contributed by atoms with Crippen molar-refractivity contribution in [2.24, 2.45) is 0 Å². The van der Waals surface area contributed by atoms with Crippen LogP contribution in [0.5, 0.6) is 0 Å². The quantitative estimate of drug-likeness (QED) is 0.791. The lowest BCUT2D eigenvalue weighted by molar-refractivity contribution is -0.142. The van der Waals surface area contributed by atoms with Crippen molar-refractivity contribution in [3.05, 3.63) is 59.7 Å². The molecule has 2 aliphatic rings. The highest BCUT2D eigenvalue weighted by Crippen LogP contribution is 2.44. The van der Waals surface area contributed by atoms with Crippen LogP contribution >= 0.6 is 0 Å². The number of nitrogens with zero attached hydrogens (tertiary/aromatic N) is 1. The van der Waals surface area contributed by atoms with Gasteiger partial charge < -0.3 is 15.2 Å². The van der Waals surface area contributed by atoms with E-state index in [1.54, 1.807) is 20.8 Å². The molecule has 2 N–H and O–H groups in total. The van der Waals surface area contributed by atoms with Crippen LogP contribution in [-0.2, 0) is 14.3 Å². The first-order chi connectivity index (χ1) is 14.7. The number of amides is 2. The predicted octanol–water partition coefficient (Wildman–Crippen LogP) is 3.38. The number of fused-ring (bicyclic) bond motifs is 3. The van der Waals surface area contributed by atoms with Crippen LogP contribution in [0.4, 0.5) is 4.79 Å². The summed E-state index contributed by atoms with van der Waals surface area (Å²) < 4.78 is 5.36. The van der Waals surface area contributed by atoms with Crippen molar-refractivity contribution in [1.82, 2.24) is 10.2 Å². The molecule has 1 aliphatic carbocycles. The summed E-state index contributed by atoms with van der Waals surface area (Å²) in [5, 5.41) is 12.6. The molecule has 2 aromatic carbocycles. The highest BCUT2D eigenvalue weighted by atomic mass is 16.6. The smallest absolute Gasteiger partial charge is 0.411 e. The van der Waals surface area contributed by atoms with Gasteiger partial charge in [-0.1, -0.05) is 48.5 Å². The molecule has 1 saturated heterocycles. The Balaban J connectivity index is 1.54. The Kier molecular flexibility index (Phi) is 5.21. The highest BCUT2D eigenvalue weighted by molar-refractivity contribution is 5.96. The molecule has 1 fully saturated rings. The van der Waals surface area contributed by atoms with Crippen LogP contribution in [0.3, 0.4) is 0 Å². The van der Waals surface area contributed by atoms with Crippen LogP contribution in [0, 0.1) is 0 Å². The topological polar surface area (TPSA) is 95.9 Å². The average molecular weight is 422 g/mol. The lowest BCUT2D eigenvalue weighted by Gasteiger charge is -2.26. The first kappa shape index (κ1) is 20.9. The maximum Gasteiger partial charge on any atom is 0.411 e. The molecule has 31 heavy (non-hydrogen) atoms. The number of carbonyl (C=O) groups excluding carboxylic acids is 2. The van der Waals surface area contributed by atoms with Gasteiger partial charge in [0.25, 0.3) is 0 Å². The number of benzene rings is 2. The Morgan fingerprint density at radius 1 is 1.00 bits per heavy atom. The normalized spacial score (nSPS) is 20.2. The molecule has 2 aromatic rings. The average Bonchev–Trinajstić information content (AvgIpc) is 3.26. The number of ether oxygens (including phenoxy) is 1. The number of nitrogens with one attached hydrogen (secondary N) is 1. The van der Waals surface area contributed by atoms with E-state index in [-0.39, 0.29) is 18.9 Å². The standard InChI is InChI=1S/C24H26N2O5/c1-24(2,3)31-23(30)26-13-14(12-19(26)22(28)29)25-21(27)20-17-10-6-4-8-15(17)16-9-5-7-11-18(16)20/h4-11,14,19-20H,12-13H2,1-3H3,(H,25,27)(H,28,29)/t14-,19+/m1/s1. The Bertz CT molecular complexity index is 997. The van der Waals surface area contributed by atoms with Gasteiger partial charge >= 0.3 is 12.1 Å². The van der Waals surface area contributed by atoms with Gasteiger partial charge in [0.05, 0.1) is 5.92 Å². The SMILES string of the molecule is CC(C)(C)OC(=O)N1C[C@H](NC(=O)C2c3ccccc3-c3ccccc32)C[C@H]1C(=O)O. The number of carboxylic acid groups (broad SMARTS) is 1. The van der Waals surface area contributed by atoms with E-state index >= 15 is 0 Å². The van der Waals surface area contributed by atoms with Gasteiger partial charge in [-0.25, -0.2) is 9.59 Å². The van der Waals surface area contributed by atoms with Crippen LogP contribution in [0.1, 0.15) is 44.2 Å². The molecule has 0 radical (unpaired) electrons. The molecule has 1 aliphatic heterocycles. The van der Waals surface area contributed by atoms with E-state index in [2.05, 4.69) is 5.32 Å². The summed E-state index contributed by atoms with van der Waals surface area (Å²) in [4.78, 5) is 38.8. The monoisotopic (exact) mass is 422 g/mol. The molecule has 7 heteroatoms. The van der Waals surface area contributed by atoms with Gasteiger partial charge in [-0.15, -0.1) is 0 Å². The van der Waals surface area contributed by atoms with E-state index in [1.807, 2.05) is 48.5 Å². The maximum atomic E-state index is 13.3. The van der Waals surface area contributed by atoms with Crippen molar-refractivity contribution in [1.29, 1.82) is 0 Å². The molecule has 0 aromatic heterocycles. The van der Waals surface area contributed by atoms with Crippen LogP contribution < -0.4 is 5.32 Å². The number of likely N-dealkylation sites (tertiary alicyclic amines) is 1. The largest absolute Gasteiger partial charge is 0.480 e. The zero-order chi connectivity index (χ0) is 22.3. The van der Waals surface area contributed by atoms with E-state index < -0.39 is 35.7 Å². The zero-order valence-electron chi connectivity index (χ0n) is 17.8. The lowest BCUT2D eigenvalue weighted by Crippen LogP contribution is -2.44. The lowest BCUT2D eigenvalue weighted by atomic mass is 9.95. The van der Waals surface area contributed by atoms with Crippen LogP contribution in [0.25, 0.3) is 11.1 Å². The van der Waals surface area contributed by atoms with E-state index in [9.17, 15) is 19.5 Å². The molecule has 0 unspecified atom stereocenters. The minimum Gasteiger partial charge on any atom is -0.480 e. The van der Waals surface area contributed by atoms with Crippen molar-refractivity contribution < 1.29 is 24.2 Å². The van der Waals surface area contributed by atoms with Gasteiger partial charge in [0.1, 0.15) is 11.6 Å². The summed E-state index contributed by atoms with van der Waals surface area (Å²) in [6.45, 7) is 5.27. The van der Waals surface area contributed by atoms with Gasteiger partial charge in [-0.05, 0) is 43.0 Å². The molecular weight excluding hydrogens is 396 g/mol. The number of carbonyl (C=O) groups is 3. The third-order valence-corrected chi connectivity index (χ3v) is 5.66. The number of aliphatic carboxylic acids is 1. The van der Waals surface area contributed by atoms with Gasteiger partial charge in [0.2, 0.25) is 5.91 Å². The summed E-state index contributed by atoms with van der Waals surface area (Å²) >= 11 is 0. The molecule has 0 bridgehead atoms. The number of hydrogen-bond donors (Lipinski definition) is 2. The fourth-order valence-corrected chi connectivity index (χ4v) is 4.42. The summed E-state index contributed by atoms with van der Waals surface area (Å²) in [7, 11) is 0. The van der Waals surface area contributed by atoms with E-state index in [0.717, 1.165) is 22.3 Å². The summed E-state index contributed by atoms with van der Waals surface area (Å²) in [6.07, 6.45) is -0.552. The maximum absolute atomic E-state index is 13.3. The van der Waals surface area contributed by atoms with Gasteiger partial charge in [-0.3, -0.25) is 9.69 Å². The fourth-order valence-electron chi connectivity index (χ4n) is 4.42. The van der Waals surface area contributed by atoms with Crippen molar-refractivity contribution in [2.75, 3.05) is 6.54 Å². The van der Waals surface area contributed by atoms with Crippen molar-refractivity contribution in [3.63, 3.8) is 0 Å². The Morgan fingerprint density at radius 2 is 1.55 bits per heavy atom. The number of rotatable bonds is 3. The van der Waals surface area contributed by atoms with Crippen LogP contribution in [-0.4, -0.2) is 52.2 Å². The molecule has 2 amide bonds. The van der Waals surface area contributed by atoms with Gasteiger partial charge in [-0.2, -0.15) is 0 Å².